The van der Waals surface area contributed by atoms with Crippen molar-refractivity contribution in [3.63, 3.8) is 0 Å². The predicted octanol–water partition coefficient (Wildman–Crippen LogP) is 2.55. The van der Waals surface area contributed by atoms with Gasteiger partial charge in [0.1, 0.15) is 0 Å². The van der Waals surface area contributed by atoms with Crippen molar-refractivity contribution >= 4 is 5.97 Å². The Hall–Kier alpha value is -1.57. The van der Waals surface area contributed by atoms with Gasteiger partial charge in [0.25, 0.3) is 0 Å². The zero-order valence-corrected chi connectivity index (χ0v) is 7.62. The van der Waals surface area contributed by atoms with Crippen molar-refractivity contribution in [3.05, 3.63) is 48.2 Å². The van der Waals surface area contributed by atoms with Gasteiger partial charge < -0.3 is 4.74 Å². The number of benzene rings is 1. The predicted molar refractivity (Wildman–Crippen MR) is 51.4 cm³/mol. The molecule has 0 N–H and O–H groups in total. The lowest BCUT2D eigenvalue weighted by atomic mass is 10.1. The van der Waals surface area contributed by atoms with Gasteiger partial charge >= 0.3 is 5.97 Å². The van der Waals surface area contributed by atoms with Crippen LogP contribution in [0.2, 0.25) is 0 Å². The van der Waals surface area contributed by atoms with Gasteiger partial charge in [-0.1, -0.05) is 25.6 Å². The number of hydrogen-bond acceptors (Lipinski definition) is 2. The van der Waals surface area contributed by atoms with Gasteiger partial charge in [-0.3, -0.25) is 0 Å². The minimum atomic E-state index is -0.363. The van der Waals surface area contributed by atoms with E-state index in [1.165, 1.54) is 5.56 Å². The van der Waals surface area contributed by atoms with Crippen LogP contribution in [0, 0.1) is 0 Å². The van der Waals surface area contributed by atoms with Crippen LogP contribution in [-0.2, 0) is 11.2 Å². The molecule has 0 atom stereocenters. The molecular formula is C11H12O2. The van der Waals surface area contributed by atoms with Crippen LogP contribution in [0.3, 0.4) is 0 Å². The lowest BCUT2D eigenvalue weighted by molar-refractivity contribution is 0.0664. The highest BCUT2D eigenvalue weighted by molar-refractivity contribution is 5.89. The molecule has 0 radical (unpaired) electrons. The molecule has 13 heavy (non-hydrogen) atoms. The number of rotatable bonds is 3. The molecule has 0 unspecified atom stereocenters. The van der Waals surface area contributed by atoms with Crippen LogP contribution in [0.4, 0.5) is 0 Å². The second-order valence-electron chi connectivity index (χ2n) is 2.62. The first-order chi connectivity index (χ1) is 6.27. The number of esters is 1. The number of carbonyl (C=O) groups is 1. The molecule has 68 valence electrons. The van der Waals surface area contributed by atoms with E-state index in [0.717, 1.165) is 12.7 Å². The van der Waals surface area contributed by atoms with Crippen molar-refractivity contribution < 1.29 is 9.53 Å². The molecule has 0 bridgehead atoms. The van der Waals surface area contributed by atoms with Crippen molar-refractivity contribution in [1.29, 1.82) is 0 Å². The van der Waals surface area contributed by atoms with Crippen molar-refractivity contribution in [1.82, 2.24) is 0 Å². The van der Waals surface area contributed by atoms with E-state index in [9.17, 15) is 4.79 Å². The minimum absolute atomic E-state index is 0.363. The van der Waals surface area contributed by atoms with E-state index in [4.69, 9.17) is 0 Å². The lowest BCUT2D eigenvalue weighted by Crippen LogP contribution is -1.99. The average Bonchev–Trinajstić information content (AvgIpc) is 2.18. The summed E-state index contributed by atoms with van der Waals surface area (Å²) in [5.74, 6) is -0.363. The largest absolute Gasteiger partial charge is 0.432 e. The molecule has 0 saturated carbocycles. The summed E-state index contributed by atoms with van der Waals surface area (Å²) in [6.07, 6.45) is 2.10. The fourth-order valence-electron chi connectivity index (χ4n) is 1.02. The summed E-state index contributed by atoms with van der Waals surface area (Å²) in [5, 5.41) is 0. The number of carbonyl (C=O) groups excluding carboxylic acids is 1. The standard InChI is InChI=1S/C11H12O2/c1-3-9-5-7-10(8-6-9)11(12)13-4-2/h4-8H,2-3H2,1H3. The Morgan fingerprint density at radius 1 is 1.46 bits per heavy atom. The number of hydrogen-bond donors (Lipinski definition) is 0. The van der Waals surface area contributed by atoms with Gasteiger partial charge in [0.2, 0.25) is 0 Å². The maximum absolute atomic E-state index is 11.2. The molecule has 0 amide bonds. The van der Waals surface area contributed by atoms with Crippen molar-refractivity contribution in [2.75, 3.05) is 0 Å². The van der Waals surface area contributed by atoms with Crippen LogP contribution in [-0.4, -0.2) is 5.97 Å². The van der Waals surface area contributed by atoms with Gasteiger partial charge in [0, 0.05) is 0 Å². The molecule has 0 saturated heterocycles. The van der Waals surface area contributed by atoms with Crippen LogP contribution in [0.1, 0.15) is 22.8 Å². The normalized spacial score (nSPS) is 9.31. The van der Waals surface area contributed by atoms with Crippen LogP contribution in [0.25, 0.3) is 0 Å². The lowest BCUT2D eigenvalue weighted by Gasteiger charge is -1.99. The minimum Gasteiger partial charge on any atom is -0.432 e. The first kappa shape index (κ1) is 9.52. The molecule has 0 heterocycles. The third kappa shape index (κ3) is 2.44. The molecule has 0 aliphatic carbocycles. The Morgan fingerprint density at radius 2 is 2.08 bits per heavy atom. The fourth-order valence-corrected chi connectivity index (χ4v) is 1.02. The first-order valence-electron chi connectivity index (χ1n) is 4.18. The summed E-state index contributed by atoms with van der Waals surface area (Å²) < 4.78 is 4.63. The average molecular weight is 176 g/mol. The Balaban J connectivity index is 2.79. The Bertz CT molecular complexity index is 298. The van der Waals surface area contributed by atoms with Crippen LogP contribution in [0.5, 0.6) is 0 Å². The van der Waals surface area contributed by atoms with E-state index in [0.29, 0.717) is 5.56 Å². The zero-order chi connectivity index (χ0) is 9.68. The van der Waals surface area contributed by atoms with E-state index in [1.807, 2.05) is 12.1 Å². The summed E-state index contributed by atoms with van der Waals surface area (Å²) in [6, 6.07) is 7.34. The summed E-state index contributed by atoms with van der Waals surface area (Å²) in [5.41, 5.74) is 1.76. The summed E-state index contributed by atoms with van der Waals surface area (Å²) >= 11 is 0. The fraction of sp³-hybridized carbons (Fsp3) is 0.182. The van der Waals surface area contributed by atoms with Crippen LogP contribution < -0.4 is 0 Å². The Kier molecular flexibility index (Phi) is 3.26. The Labute approximate surface area is 77.8 Å². The van der Waals surface area contributed by atoms with Crippen molar-refractivity contribution in [2.24, 2.45) is 0 Å². The summed E-state index contributed by atoms with van der Waals surface area (Å²) in [4.78, 5) is 11.2. The SMILES string of the molecule is C=COC(=O)c1ccc(CC)cc1. The smallest absolute Gasteiger partial charge is 0.342 e. The third-order valence-electron chi connectivity index (χ3n) is 1.79. The molecule has 0 aliphatic rings. The molecule has 0 aliphatic heterocycles. The quantitative estimate of drug-likeness (QED) is 0.522. The molecule has 1 aromatic carbocycles. The van der Waals surface area contributed by atoms with E-state index < -0.39 is 0 Å². The van der Waals surface area contributed by atoms with E-state index >= 15 is 0 Å². The van der Waals surface area contributed by atoms with Crippen LogP contribution in [0.15, 0.2) is 37.1 Å². The molecular weight excluding hydrogens is 164 g/mol. The first-order valence-corrected chi connectivity index (χ1v) is 4.18. The molecule has 1 rings (SSSR count). The summed E-state index contributed by atoms with van der Waals surface area (Å²) in [6.45, 7) is 5.38. The van der Waals surface area contributed by atoms with Gasteiger partial charge in [-0.2, -0.15) is 0 Å². The third-order valence-corrected chi connectivity index (χ3v) is 1.79. The van der Waals surface area contributed by atoms with E-state index in [-0.39, 0.29) is 5.97 Å². The molecule has 2 nitrogen and oxygen atoms in total. The van der Waals surface area contributed by atoms with Gasteiger partial charge in [-0.05, 0) is 24.1 Å². The second kappa shape index (κ2) is 4.45. The van der Waals surface area contributed by atoms with Gasteiger partial charge in [0.15, 0.2) is 0 Å². The van der Waals surface area contributed by atoms with Crippen molar-refractivity contribution in [3.8, 4) is 0 Å². The topological polar surface area (TPSA) is 26.3 Å². The van der Waals surface area contributed by atoms with Crippen LogP contribution >= 0.6 is 0 Å². The second-order valence-corrected chi connectivity index (χ2v) is 2.62. The molecule has 0 spiro atoms. The maximum atomic E-state index is 11.2. The summed E-state index contributed by atoms with van der Waals surface area (Å²) in [7, 11) is 0. The number of aryl methyl sites for hydroxylation is 1. The van der Waals surface area contributed by atoms with E-state index in [2.05, 4.69) is 18.2 Å². The van der Waals surface area contributed by atoms with Gasteiger partial charge in [-0.15, -0.1) is 0 Å². The highest BCUT2D eigenvalue weighted by Crippen LogP contribution is 2.06. The van der Waals surface area contributed by atoms with Crippen molar-refractivity contribution in [2.45, 2.75) is 13.3 Å². The molecule has 0 aromatic heterocycles. The highest BCUT2D eigenvalue weighted by atomic mass is 16.5. The number of ether oxygens (including phenoxy) is 1. The molecule has 1 aromatic rings. The van der Waals surface area contributed by atoms with Gasteiger partial charge in [0.05, 0.1) is 11.8 Å². The monoisotopic (exact) mass is 176 g/mol. The van der Waals surface area contributed by atoms with Gasteiger partial charge in [-0.25, -0.2) is 4.79 Å². The Morgan fingerprint density at radius 3 is 2.54 bits per heavy atom. The maximum Gasteiger partial charge on any atom is 0.342 e. The zero-order valence-electron chi connectivity index (χ0n) is 7.62. The molecule has 0 fully saturated rings. The molecule has 2 heteroatoms. The van der Waals surface area contributed by atoms with E-state index in [1.54, 1.807) is 12.1 Å². The highest BCUT2D eigenvalue weighted by Gasteiger charge is 2.03.